The fourth-order valence-electron chi connectivity index (χ4n) is 3.81. The fraction of sp³-hybridized carbons (Fsp3) is 0.529. The maximum atomic E-state index is 12.6. The third-order valence-electron chi connectivity index (χ3n) is 5.03. The van der Waals surface area contributed by atoms with E-state index in [1.54, 1.807) is 24.3 Å². The van der Waals surface area contributed by atoms with Gasteiger partial charge in [-0.15, -0.1) is 0 Å². The van der Waals surface area contributed by atoms with E-state index in [-0.39, 0.29) is 5.91 Å². The van der Waals surface area contributed by atoms with Gasteiger partial charge in [0.05, 0.1) is 0 Å². The molecule has 0 atom stereocenters. The maximum absolute atomic E-state index is 12.6. The Labute approximate surface area is 125 Å². The Kier molecular flexibility index (Phi) is 3.70. The number of carbonyl (C=O) groups is 2. The molecular weight excluding hydrogens is 264 g/mol. The van der Waals surface area contributed by atoms with Crippen LogP contribution in [0.2, 0.25) is 0 Å². The maximum Gasteiger partial charge on any atom is 0.253 e. The summed E-state index contributed by atoms with van der Waals surface area (Å²) in [5.41, 5.74) is 6.60. The lowest BCUT2D eigenvalue weighted by Gasteiger charge is -2.33. The molecule has 2 fully saturated rings. The Hall–Kier alpha value is -1.84. The number of carbonyl (C=O) groups excluding carboxylic acids is 2. The minimum atomic E-state index is -0.491. The Bertz CT molecular complexity index is 562. The summed E-state index contributed by atoms with van der Waals surface area (Å²) in [7, 11) is 0. The Morgan fingerprint density at radius 1 is 1.05 bits per heavy atom. The molecule has 4 nitrogen and oxygen atoms in total. The van der Waals surface area contributed by atoms with Crippen molar-refractivity contribution in [2.45, 2.75) is 38.5 Å². The molecule has 0 aromatic heterocycles. The van der Waals surface area contributed by atoms with Crippen LogP contribution < -0.4 is 5.73 Å². The first-order valence-electron chi connectivity index (χ1n) is 7.79. The summed E-state index contributed by atoms with van der Waals surface area (Å²) in [5.74, 6) is -0.463. The molecule has 4 heteroatoms. The topological polar surface area (TPSA) is 63.4 Å². The molecule has 2 amide bonds. The predicted octanol–water partition coefficient (Wildman–Crippen LogP) is 2.58. The van der Waals surface area contributed by atoms with E-state index in [2.05, 4.69) is 0 Å². The highest BCUT2D eigenvalue weighted by atomic mass is 16.2. The molecule has 1 saturated heterocycles. The van der Waals surface area contributed by atoms with Crippen molar-refractivity contribution in [3.05, 3.63) is 35.4 Å². The minimum Gasteiger partial charge on any atom is -0.366 e. The lowest BCUT2D eigenvalue weighted by Crippen LogP contribution is -2.33. The number of hydrogen-bond acceptors (Lipinski definition) is 2. The average Bonchev–Trinajstić information content (AvgIpc) is 2.91. The normalized spacial score (nSPS) is 20.7. The van der Waals surface area contributed by atoms with Crippen LogP contribution in [0.5, 0.6) is 0 Å². The van der Waals surface area contributed by atoms with Crippen LogP contribution in [0.1, 0.15) is 59.2 Å². The van der Waals surface area contributed by atoms with Gasteiger partial charge < -0.3 is 10.6 Å². The number of hydrogen-bond donors (Lipinski definition) is 1. The molecule has 0 bridgehead atoms. The molecule has 2 N–H and O–H groups in total. The van der Waals surface area contributed by atoms with Gasteiger partial charge in [0, 0.05) is 24.2 Å². The molecule has 1 heterocycles. The first-order chi connectivity index (χ1) is 10.1. The zero-order valence-corrected chi connectivity index (χ0v) is 12.3. The molecule has 0 unspecified atom stereocenters. The first-order valence-corrected chi connectivity index (χ1v) is 7.79. The highest BCUT2D eigenvalue weighted by Crippen LogP contribution is 2.43. The molecule has 2 aliphatic rings. The average molecular weight is 286 g/mol. The second-order valence-electron chi connectivity index (χ2n) is 6.48. The number of likely N-dealkylation sites (tertiary alicyclic amines) is 1. The quantitative estimate of drug-likeness (QED) is 0.908. The van der Waals surface area contributed by atoms with Crippen molar-refractivity contribution >= 4 is 11.8 Å². The largest absolute Gasteiger partial charge is 0.366 e. The number of rotatable bonds is 2. The van der Waals surface area contributed by atoms with E-state index in [1.165, 1.54) is 32.1 Å². The van der Waals surface area contributed by atoms with Crippen molar-refractivity contribution in [2.24, 2.45) is 11.1 Å². The summed E-state index contributed by atoms with van der Waals surface area (Å²) in [6, 6.07) is 6.74. The number of nitrogens with two attached hydrogens (primary N) is 1. The fourth-order valence-corrected chi connectivity index (χ4v) is 3.81. The van der Waals surface area contributed by atoms with Crippen molar-refractivity contribution in [1.29, 1.82) is 0 Å². The summed E-state index contributed by atoms with van der Waals surface area (Å²) in [6.45, 7) is 1.70. The van der Waals surface area contributed by atoms with E-state index in [1.807, 2.05) is 4.90 Å². The molecule has 0 radical (unpaired) electrons. The molecule has 3 rings (SSSR count). The van der Waals surface area contributed by atoms with Gasteiger partial charge in [-0.1, -0.05) is 25.3 Å². The third kappa shape index (κ3) is 2.80. The summed E-state index contributed by atoms with van der Waals surface area (Å²) in [5, 5.41) is 0. The van der Waals surface area contributed by atoms with Gasteiger partial charge in [-0.3, -0.25) is 9.59 Å². The van der Waals surface area contributed by atoms with Crippen LogP contribution in [0.25, 0.3) is 0 Å². The number of primary amides is 1. The lowest BCUT2D eigenvalue weighted by molar-refractivity contribution is 0.0759. The zero-order chi connectivity index (χ0) is 14.9. The summed E-state index contributed by atoms with van der Waals surface area (Å²) < 4.78 is 0. The van der Waals surface area contributed by atoms with Crippen molar-refractivity contribution in [2.75, 3.05) is 13.1 Å². The highest BCUT2D eigenvalue weighted by Gasteiger charge is 2.40. The molecule has 1 saturated carbocycles. The summed E-state index contributed by atoms with van der Waals surface area (Å²) in [4.78, 5) is 25.8. The van der Waals surface area contributed by atoms with Crippen LogP contribution in [-0.2, 0) is 0 Å². The smallest absolute Gasteiger partial charge is 0.253 e. The van der Waals surface area contributed by atoms with Gasteiger partial charge >= 0.3 is 0 Å². The first kappa shape index (κ1) is 14.1. The van der Waals surface area contributed by atoms with Crippen molar-refractivity contribution < 1.29 is 9.59 Å². The van der Waals surface area contributed by atoms with Gasteiger partial charge in [0.15, 0.2) is 0 Å². The number of benzene rings is 1. The van der Waals surface area contributed by atoms with Crippen molar-refractivity contribution in [3.8, 4) is 0 Å². The molecule has 1 aliphatic heterocycles. The Morgan fingerprint density at radius 3 is 2.48 bits per heavy atom. The summed E-state index contributed by atoms with van der Waals surface area (Å²) in [6.07, 6.45) is 7.53. The number of nitrogens with zero attached hydrogens (tertiary/aromatic N) is 1. The summed E-state index contributed by atoms with van der Waals surface area (Å²) >= 11 is 0. The van der Waals surface area contributed by atoms with Gasteiger partial charge in [-0.25, -0.2) is 0 Å². The third-order valence-corrected chi connectivity index (χ3v) is 5.03. The SMILES string of the molecule is NC(=O)c1cccc(C(=O)N2CCC3(CCCCC3)C2)c1. The lowest BCUT2D eigenvalue weighted by atomic mass is 9.73. The van der Waals surface area contributed by atoms with Gasteiger partial charge in [-0.05, 0) is 42.9 Å². The van der Waals surface area contributed by atoms with E-state index in [0.717, 1.165) is 19.5 Å². The van der Waals surface area contributed by atoms with E-state index >= 15 is 0 Å². The second kappa shape index (κ2) is 5.51. The van der Waals surface area contributed by atoms with Crippen LogP contribution in [-0.4, -0.2) is 29.8 Å². The van der Waals surface area contributed by atoms with Gasteiger partial charge in [0.1, 0.15) is 0 Å². The zero-order valence-electron chi connectivity index (χ0n) is 12.3. The van der Waals surface area contributed by atoms with Crippen LogP contribution in [0.4, 0.5) is 0 Å². The molecule has 1 aliphatic carbocycles. The molecule has 1 aromatic carbocycles. The molecule has 21 heavy (non-hydrogen) atoms. The van der Waals surface area contributed by atoms with E-state index in [4.69, 9.17) is 5.73 Å². The van der Waals surface area contributed by atoms with E-state index in [0.29, 0.717) is 16.5 Å². The monoisotopic (exact) mass is 286 g/mol. The van der Waals surface area contributed by atoms with Crippen LogP contribution in [0.3, 0.4) is 0 Å². The number of amides is 2. The molecule has 112 valence electrons. The molecule has 1 aromatic rings. The van der Waals surface area contributed by atoms with Crippen LogP contribution >= 0.6 is 0 Å². The van der Waals surface area contributed by atoms with Gasteiger partial charge in [0.2, 0.25) is 5.91 Å². The van der Waals surface area contributed by atoms with Gasteiger partial charge in [-0.2, -0.15) is 0 Å². The van der Waals surface area contributed by atoms with Crippen LogP contribution in [0.15, 0.2) is 24.3 Å². The van der Waals surface area contributed by atoms with Crippen molar-refractivity contribution in [3.63, 3.8) is 0 Å². The van der Waals surface area contributed by atoms with E-state index < -0.39 is 5.91 Å². The molecular formula is C17H22N2O2. The Balaban J connectivity index is 1.74. The predicted molar refractivity (Wildman–Crippen MR) is 81.0 cm³/mol. The standard InChI is InChI=1S/C17H22N2O2/c18-15(20)13-5-4-6-14(11-13)16(21)19-10-9-17(12-19)7-2-1-3-8-17/h4-6,11H,1-3,7-10,12H2,(H2,18,20). The van der Waals surface area contributed by atoms with Gasteiger partial charge in [0.25, 0.3) is 5.91 Å². The molecule has 1 spiro atoms. The van der Waals surface area contributed by atoms with E-state index in [9.17, 15) is 9.59 Å². The highest BCUT2D eigenvalue weighted by molar-refractivity contribution is 5.99. The minimum absolute atomic E-state index is 0.0283. The van der Waals surface area contributed by atoms with Crippen molar-refractivity contribution in [1.82, 2.24) is 4.90 Å². The van der Waals surface area contributed by atoms with Crippen LogP contribution in [0, 0.1) is 5.41 Å². The second-order valence-corrected chi connectivity index (χ2v) is 6.48. The Morgan fingerprint density at radius 2 is 1.76 bits per heavy atom.